The van der Waals surface area contributed by atoms with Gasteiger partial charge in [0.15, 0.2) is 11.5 Å². The van der Waals surface area contributed by atoms with Crippen molar-refractivity contribution in [3.63, 3.8) is 0 Å². The second kappa shape index (κ2) is 6.71. The van der Waals surface area contributed by atoms with Gasteiger partial charge in [0.2, 0.25) is 0 Å². The van der Waals surface area contributed by atoms with E-state index >= 15 is 0 Å². The molecule has 0 radical (unpaired) electrons. The van der Waals surface area contributed by atoms with Crippen molar-refractivity contribution in [1.29, 1.82) is 0 Å². The lowest BCUT2D eigenvalue weighted by Gasteiger charge is -2.26. The van der Waals surface area contributed by atoms with E-state index in [9.17, 15) is 4.79 Å². The van der Waals surface area contributed by atoms with Crippen LogP contribution in [0.15, 0.2) is 42.6 Å². The number of benzene rings is 2. The highest BCUT2D eigenvalue weighted by molar-refractivity contribution is 5.98. The van der Waals surface area contributed by atoms with Crippen LogP contribution in [0.4, 0.5) is 0 Å². The topological polar surface area (TPSA) is 67.5 Å². The molecular formula is C20H21N3O3. The van der Waals surface area contributed by atoms with Gasteiger partial charge in [-0.25, -0.2) is 0 Å². The van der Waals surface area contributed by atoms with Crippen LogP contribution in [0.3, 0.4) is 0 Å². The molecule has 6 heteroatoms. The number of carbonyl (C=O) groups excluding carboxylic acids is 1. The Kier molecular flexibility index (Phi) is 4.24. The van der Waals surface area contributed by atoms with Crippen molar-refractivity contribution >= 4 is 16.8 Å². The number of carbonyl (C=O) groups is 1. The van der Waals surface area contributed by atoms with Gasteiger partial charge in [-0.05, 0) is 42.7 Å². The van der Waals surface area contributed by atoms with Crippen molar-refractivity contribution in [2.75, 3.05) is 20.8 Å². The van der Waals surface area contributed by atoms with Crippen molar-refractivity contribution < 1.29 is 14.3 Å². The number of methoxy groups -OCH3 is 2. The van der Waals surface area contributed by atoms with E-state index in [-0.39, 0.29) is 11.9 Å². The molecule has 1 saturated heterocycles. The normalized spacial score (nSPS) is 16.8. The average Bonchev–Trinajstić information content (AvgIpc) is 3.35. The van der Waals surface area contributed by atoms with Gasteiger partial charge in [0, 0.05) is 17.5 Å². The molecule has 2 aromatic carbocycles. The Morgan fingerprint density at radius 2 is 2.00 bits per heavy atom. The van der Waals surface area contributed by atoms with Crippen LogP contribution >= 0.6 is 0 Å². The third-order valence-corrected chi connectivity index (χ3v) is 4.99. The van der Waals surface area contributed by atoms with Crippen molar-refractivity contribution in [2.24, 2.45) is 0 Å². The molecule has 1 atom stereocenters. The summed E-state index contributed by atoms with van der Waals surface area (Å²) in [6, 6.07) is 11.6. The number of amides is 1. The molecule has 1 amide bonds. The minimum absolute atomic E-state index is 0.0405. The van der Waals surface area contributed by atoms with Crippen LogP contribution in [0.2, 0.25) is 0 Å². The van der Waals surface area contributed by atoms with Crippen LogP contribution in [-0.2, 0) is 0 Å². The lowest BCUT2D eigenvalue weighted by Crippen LogP contribution is -2.30. The van der Waals surface area contributed by atoms with Gasteiger partial charge < -0.3 is 14.4 Å². The molecule has 1 aromatic heterocycles. The number of nitrogens with one attached hydrogen (secondary N) is 1. The zero-order valence-electron chi connectivity index (χ0n) is 14.9. The Hall–Kier alpha value is -3.02. The molecule has 0 spiro atoms. The molecule has 0 bridgehead atoms. The molecule has 6 nitrogen and oxygen atoms in total. The molecule has 134 valence electrons. The number of aromatic nitrogens is 2. The predicted molar refractivity (Wildman–Crippen MR) is 98.7 cm³/mol. The zero-order valence-corrected chi connectivity index (χ0v) is 14.9. The summed E-state index contributed by atoms with van der Waals surface area (Å²) in [6.07, 6.45) is 3.68. The number of rotatable bonds is 4. The number of likely N-dealkylation sites (tertiary alicyclic amines) is 1. The van der Waals surface area contributed by atoms with Gasteiger partial charge in [-0.3, -0.25) is 9.89 Å². The first-order valence-corrected chi connectivity index (χ1v) is 8.67. The largest absolute Gasteiger partial charge is 0.493 e. The van der Waals surface area contributed by atoms with Gasteiger partial charge in [-0.15, -0.1) is 0 Å². The smallest absolute Gasteiger partial charge is 0.254 e. The van der Waals surface area contributed by atoms with E-state index in [4.69, 9.17) is 9.47 Å². The van der Waals surface area contributed by atoms with E-state index in [1.165, 1.54) is 0 Å². The standard InChI is InChI=1S/C20H21N3O3/c1-25-18-8-7-13(11-19(18)26-2)17-4-3-9-23(17)20(24)14-5-6-15-12-21-22-16(15)10-14/h5-8,10-12,17H,3-4,9H2,1-2H3,(H,21,22)/t17-/m1/s1. The monoisotopic (exact) mass is 351 g/mol. The summed E-state index contributed by atoms with van der Waals surface area (Å²) in [4.78, 5) is 15.1. The van der Waals surface area contributed by atoms with Gasteiger partial charge in [0.1, 0.15) is 0 Å². The molecule has 26 heavy (non-hydrogen) atoms. The highest BCUT2D eigenvalue weighted by Crippen LogP contribution is 2.37. The highest BCUT2D eigenvalue weighted by Gasteiger charge is 2.31. The summed E-state index contributed by atoms with van der Waals surface area (Å²) >= 11 is 0. The van der Waals surface area contributed by atoms with Crippen LogP contribution < -0.4 is 9.47 Å². The highest BCUT2D eigenvalue weighted by atomic mass is 16.5. The number of aromatic amines is 1. The van der Waals surface area contributed by atoms with Gasteiger partial charge >= 0.3 is 0 Å². The fourth-order valence-corrected chi connectivity index (χ4v) is 3.65. The summed E-state index contributed by atoms with van der Waals surface area (Å²) in [5, 5.41) is 7.95. The minimum atomic E-state index is 0.0405. The molecular weight excluding hydrogens is 330 g/mol. The second-order valence-corrected chi connectivity index (χ2v) is 6.44. The molecule has 4 rings (SSSR count). The van der Waals surface area contributed by atoms with E-state index < -0.39 is 0 Å². The Morgan fingerprint density at radius 1 is 1.15 bits per heavy atom. The maximum atomic E-state index is 13.1. The van der Waals surface area contributed by atoms with Crippen LogP contribution in [-0.4, -0.2) is 41.8 Å². The fraction of sp³-hybridized carbons (Fsp3) is 0.300. The molecule has 1 fully saturated rings. The molecule has 1 aliphatic rings. The summed E-state index contributed by atoms with van der Waals surface area (Å²) in [5.74, 6) is 1.42. The van der Waals surface area contributed by atoms with Gasteiger partial charge in [0.25, 0.3) is 5.91 Å². The number of H-pyrrole nitrogens is 1. The Labute approximate surface area is 151 Å². The third-order valence-electron chi connectivity index (χ3n) is 4.99. The van der Waals surface area contributed by atoms with Crippen LogP contribution in [0.5, 0.6) is 11.5 Å². The molecule has 1 N–H and O–H groups in total. The lowest BCUT2D eigenvalue weighted by molar-refractivity contribution is 0.0735. The molecule has 0 aliphatic carbocycles. The van der Waals surface area contributed by atoms with Crippen molar-refractivity contribution in [3.05, 3.63) is 53.7 Å². The van der Waals surface area contributed by atoms with Crippen molar-refractivity contribution in [1.82, 2.24) is 15.1 Å². The van der Waals surface area contributed by atoms with E-state index in [1.807, 2.05) is 41.3 Å². The summed E-state index contributed by atoms with van der Waals surface area (Å²) in [7, 11) is 3.24. The number of nitrogens with zero attached hydrogens (tertiary/aromatic N) is 2. The van der Waals surface area contributed by atoms with Crippen LogP contribution in [0.1, 0.15) is 34.8 Å². The first-order chi connectivity index (χ1) is 12.7. The van der Waals surface area contributed by atoms with Crippen molar-refractivity contribution in [3.8, 4) is 11.5 Å². The summed E-state index contributed by atoms with van der Waals surface area (Å²) in [6.45, 7) is 0.749. The SMILES string of the molecule is COc1ccc([C@H]2CCCN2C(=O)c2ccc3cn[nH]c3c2)cc1OC. The number of ether oxygens (including phenoxy) is 2. The van der Waals surface area contributed by atoms with Gasteiger partial charge in [0.05, 0.1) is 32.0 Å². The molecule has 2 heterocycles. The average molecular weight is 351 g/mol. The van der Waals surface area contributed by atoms with Gasteiger partial charge in [-0.1, -0.05) is 12.1 Å². The third kappa shape index (κ3) is 2.77. The van der Waals surface area contributed by atoms with E-state index in [0.717, 1.165) is 35.9 Å². The van der Waals surface area contributed by atoms with Gasteiger partial charge in [-0.2, -0.15) is 5.10 Å². The Balaban J connectivity index is 1.64. The second-order valence-electron chi connectivity index (χ2n) is 6.44. The maximum Gasteiger partial charge on any atom is 0.254 e. The molecule has 0 saturated carbocycles. The van der Waals surface area contributed by atoms with Crippen LogP contribution in [0, 0.1) is 0 Å². The molecule has 3 aromatic rings. The summed E-state index contributed by atoms with van der Waals surface area (Å²) < 4.78 is 10.7. The van der Waals surface area contributed by atoms with E-state index in [0.29, 0.717) is 17.1 Å². The Bertz CT molecular complexity index is 950. The van der Waals surface area contributed by atoms with Crippen LogP contribution in [0.25, 0.3) is 10.9 Å². The Morgan fingerprint density at radius 3 is 2.81 bits per heavy atom. The zero-order chi connectivity index (χ0) is 18.1. The number of hydrogen-bond donors (Lipinski definition) is 1. The number of fused-ring (bicyclic) bond motifs is 1. The lowest BCUT2D eigenvalue weighted by atomic mass is 10.0. The van der Waals surface area contributed by atoms with Crippen molar-refractivity contribution in [2.45, 2.75) is 18.9 Å². The van der Waals surface area contributed by atoms with E-state index in [1.54, 1.807) is 20.4 Å². The van der Waals surface area contributed by atoms with E-state index in [2.05, 4.69) is 10.2 Å². The minimum Gasteiger partial charge on any atom is -0.493 e. The maximum absolute atomic E-state index is 13.1. The summed E-state index contributed by atoms with van der Waals surface area (Å²) in [5.41, 5.74) is 2.61. The molecule has 1 aliphatic heterocycles. The number of hydrogen-bond acceptors (Lipinski definition) is 4. The fourth-order valence-electron chi connectivity index (χ4n) is 3.65. The first kappa shape index (κ1) is 16.4. The molecule has 0 unspecified atom stereocenters. The predicted octanol–water partition coefficient (Wildman–Crippen LogP) is 3.56. The quantitative estimate of drug-likeness (QED) is 0.780. The first-order valence-electron chi connectivity index (χ1n) is 8.67.